The summed E-state index contributed by atoms with van der Waals surface area (Å²) in [4.78, 5) is 30.7. The molecule has 1 amide bonds. The summed E-state index contributed by atoms with van der Waals surface area (Å²) in [6.45, 7) is 3.64. The lowest BCUT2D eigenvalue weighted by Crippen LogP contribution is -2.47. The van der Waals surface area contributed by atoms with Gasteiger partial charge in [0.2, 0.25) is 0 Å². The number of rotatable bonds is 3. The Bertz CT molecular complexity index is 835. The Morgan fingerprint density at radius 1 is 1.44 bits per heavy atom. The molecule has 0 saturated carbocycles. The quantitative estimate of drug-likeness (QED) is 0.844. The molecule has 1 aliphatic rings. The molecule has 2 aromatic rings. The molecule has 1 saturated heterocycles. The zero-order chi connectivity index (χ0) is 18.0. The minimum absolute atomic E-state index is 0.0451. The fourth-order valence-electron chi connectivity index (χ4n) is 2.69. The highest BCUT2D eigenvalue weighted by Crippen LogP contribution is 2.17. The molecule has 132 valence electrons. The van der Waals surface area contributed by atoms with Crippen molar-refractivity contribution in [1.29, 1.82) is 0 Å². The summed E-state index contributed by atoms with van der Waals surface area (Å²) in [6.07, 6.45) is 3.21. The number of pyridine rings is 2. The molecule has 3 heterocycles. The second kappa shape index (κ2) is 7.37. The highest BCUT2D eigenvalue weighted by atomic mass is 79.9. The third kappa shape index (κ3) is 3.91. The first kappa shape index (κ1) is 17.6. The van der Waals surface area contributed by atoms with Gasteiger partial charge in [0.05, 0.1) is 24.8 Å². The van der Waals surface area contributed by atoms with Crippen LogP contribution in [-0.4, -0.2) is 46.2 Å². The number of carbonyl (C=O) groups excluding carboxylic acids is 1. The van der Waals surface area contributed by atoms with Gasteiger partial charge in [0.15, 0.2) is 0 Å². The van der Waals surface area contributed by atoms with Gasteiger partial charge in [-0.25, -0.2) is 4.98 Å². The van der Waals surface area contributed by atoms with Crippen LogP contribution in [0.5, 0.6) is 0 Å². The molecule has 7 nitrogen and oxygen atoms in total. The fourth-order valence-corrected chi connectivity index (χ4v) is 3.22. The van der Waals surface area contributed by atoms with Crippen molar-refractivity contribution in [2.45, 2.75) is 13.0 Å². The highest BCUT2D eigenvalue weighted by molar-refractivity contribution is 9.10. The molecule has 0 radical (unpaired) electrons. The number of nitrogens with zero attached hydrogens (tertiary/aromatic N) is 3. The summed E-state index contributed by atoms with van der Waals surface area (Å²) in [6, 6.07) is 5.14. The molecule has 1 fully saturated rings. The topological polar surface area (TPSA) is 76.5 Å². The number of amides is 1. The van der Waals surface area contributed by atoms with Crippen molar-refractivity contribution in [2.75, 3.05) is 25.1 Å². The van der Waals surface area contributed by atoms with Gasteiger partial charge in [-0.3, -0.25) is 9.59 Å². The minimum Gasteiger partial charge on any atom is -0.377 e. The van der Waals surface area contributed by atoms with E-state index in [1.165, 1.54) is 10.8 Å². The molecular weight excluding hydrogens is 388 g/mol. The zero-order valence-corrected chi connectivity index (χ0v) is 15.6. The summed E-state index contributed by atoms with van der Waals surface area (Å²) >= 11 is 3.36. The summed E-state index contributed by atoms with van der Waals surface area (Å²) in [5.74, 6) is 0.440. The number of carbonyl (C=O) groups is 1. The van der Waals surface area contributed by atoms with Gasteiger partial charge in [-0.15, -0.1) is 0 Å². The second-order valence-electron chi connectivity index (χ2n) is 5.97. The second-order valence-corrected chi connectivity index (χ2v) is 6.88. The van der Waals surface area contributed by atoms with Crippen molar-refractivity contribution in [3.8, 4) is 0 Å². The average Bonchev–Trinajstić information content (AvgIpc) is 2.60. The number of nitrogens with one attached hydrogen (secondary N) is 1. The van der Waals surface area contributed by atoms with Gasteiger partial charge in [-0.05, 0) is 41.1 Å². The van der Waals surface area contributed by atoms with Gasteiger partial charge in [0.25, 0.3) is 11.5 Å². The summed E-state index contributed by atoms with van der Waals surface area (Å²) < 4.78 is 7.62. The van der Waals surface area contributed by atoms with E-state index in [1.807, 2.05) is 6.92 Å². The van der Waals surface area contributed by atoms with Crippen LogP contribution in [0.3, 0.4) is 0 Å². The summed E-state index contributed by atoms with van der Waals surface area (Å²) in [5.41, 5.74) is 0.763. The van der Waals surface area contributed by atoms with Crippen LogP contribution in [0.1, 0.15) is 17.3 Å². The Kier molecular flexibility index (Phi) is 5.19. The number of anilines is 2. The zero-order valence-electron chi connectivity index (χ0n) is 14.0. The molecule has 1 N–H and O–H groups in total. The van der Waals surface area contributed by atoms with Gasteiger partial charge in [0.1, 0.15) is 11.5 Å². The molecule has 1 aliphatic heterocycles. The van der Waals surface area contributed by atoms with Crippen molar-refractivity contribution < 1.29 is 9.53 Å². The minimum atomic E-state index is -0.160. The first-order valence-electron chi connectivity index (χ1n) is 7.93. The normalized spacial score (nSPS) is 17.4. The summed E-state index contributed by atoms with van der Waals surface area (Å²) in [7, 11) is 1.68. The average molecular weight is 407 g/mol. The summed E-state index contributed by atoms with van der Waals surface area (Å²) in [5, 5.41) is 2.99. The SMILES string of the molecule is CC1COCCN1C(=O)c1ccc(Nc2cc(Br)cn(C)c2=O)nc1. The predicted octanol–water partition coefficient (Wildman–Crippen LogP) is 2.15. The van der Waals surface area contributed by atoms with Crippen LogP contribution in [0.15, 0.2) is 39.9 Å². The van der Waals surface area contributed by atoms with Crippen LogP contribution in [0.4, 0.5) is 11.5 Å². The molecule has 2 aromatic heterocycles. The predicted molar refractivity (Wildman–Crippen MR) is 98.2 cm³/mol. The van der Waals surface area contributed by atoms with E-state index in [2.05, 4.69) is 26.2 Å². The molecule has 8 heteroatoms. The molecule has 0 spiro atoms. The fraction of sp³-hybridized carbons (Fsp3) is 0.353. The number of morpholine rings is 1. The maximum absolute atomic E-state index is 12.6. The number of halogens is 1. The Hall–Kier alpha value is -2.19. The van der Waals surface area contributed by atoms with E-state index < -0.39 is 0 Å². The lowest BCUT2D eigenvalue weighted by molar-refractivity contribution is 0.00357. The molecular formula is C17H19BrN4O3. The maximum atomic E-state index is 12.6. The van der Waals surface area contributed by atoms with Gasteiger partial charge in [-0.1, -0.05) is 0 Å². The van der Waals surface area contributed by atoms with Crippen molar-refractivity contribution in [3.63, 3.8) is 0 Å². The van der Waals surface area contributed by atoms with Crippen LogP contribution in [0.25, 0.3) is 0 Å². The lowest BCUT2D eigenvalue weighted by Gasteiger charge is -2.33. The van der Waals surface area contributed by atoms with E-state index in [-0.39, 0.29) is 17.5 Å². The first-order chi connectivity index (χ1) is 12.0. The molecule has 1 atom stereocenters. The van der Waals surface area contributed by atoms with Gasteiger partial charge in [0, 0.05) is 30.5 Å². The first-order valence-corrected chi connectivity index (χ1v) is 8.73. The van der Waals surface area contributed by atoms with Crippen molar-refractivity contribution >= 4 is 33.3 Å². The van der Waals surface area contributed by atoms with Gasteiger partial charge < -0.3 is 19.5 Å². The van der Waals surface area contributed by atoms with Crippen LogP contribution in [0, 0.1) is 0 Å². The molecule has 0 aliphatic carbocycles. The maximum Gasteiger partial charge on any atom is 0.274 e. The van der Waals surface area contributed by atoms with E-state index in [0.29, 0.717) is 36.8 Å². The van der Waals surface area contributed by atoms with E-state index in [1.54, 1.807) is 36.3 Å². The molecule has 0 bridgehead atoms. The molecule has 3 rings (SSSR count). The number of hydrogen-bond acceptors (Lipinski definition) is 5. The third-order valence-corrected chi connectivity index (χ3v) is 4.49. The molecule has 1 unspecified atom stereocenters. The van der Waals surface area contributed by atoms with Crippen LogP contribution in [0.2, 0.25) is 0 Å². The van der Waals surface area contributed by atoms with Gasteiger partial charge >= 0.3 is 0 Å². The Balaban J connectivity index is 1.76. The highest BCUT2D eigenvalue weighted by Gasteiger charge is 2.24. The number of aromatic nitrogens is 2. The van der Waals surface area contributed by atoms with E-state index in [4.69, 9.17) is 4.74 Å². The van der Waals surface area contributed by atoms with E-state index in [9.17, 15) is 9.59 Å². The van der Waals surface area contributed by atoms with E-state index >= 15 is 0 Å². The molecule has 0 aromatic carbocycles. The smallest absolute Gasteiger partial charge is 0.274 e. The molecule has 25 heavy (non-hydrogen) atoms. The van der Waals surface area contributed by atoms with Crippen molar-refractivity contribution in [3.05, 3.63) is 51.0 Å². The van der Waals surface area contributed by atoms with Crippen LogP contribution < -0.4 is 10.9 Å². The van der Waals surface area contributed by atoms with Crippen molar-refractivity contribution in [2.24, 2.45) is 7.05 Å². The third-order valence-electron chi connectivity index (χ3n) is 4.05. The number of aryl methyl sites for hydroxylation is 1. The Morgan fingerprint density at radius 3 is 2.92 bits per heavy atom. The van der Waals surface area contributed by atoms with Crippen LogP contribution >= 0.6 is 15.9 Å². The largest absolute Gasteiger partial charge is 0.377 e. The van der Waals surface area contributed by atoms with Crippen molar-refractivity contribution in [1.82, 2.24) is 14.5 Å². The number of ether oxygens (including phenoxy) is 1. The lowest BCUT2D eigenvalue weighted by atomic mass is 10.2. The Morgan fingerprint density at radius 2 is 2.24 bits per heavy atom. The standard InChI is InChI=1S/C17H19BrN4O3/c1-11-10-25-6-5-22(11)16(23)12-3-4-15(19-8-12)20-14-7-13(18)9-21(2)17(14)24/h3-4,7-9,11H,5-6,10H2,1-2H3,(H,19,20). The monoisotopic (exact) mass is 406 g/mol. The number of hydrogen-bond donors (Lipinski definition) is 1. The Labute approximate surface area is 153 Å². The van der Waals surface area contributed by atoms with Gasteiger partial charge in [-0.2, -0.15) is 0 Å². The van der Waals surface area contributed by atoms with E-state index in [0.717, 1.165) is 4.47 Å². The van der Waals surface area contributed by atoms with Crippen LogP contribution in [-0.2, 0) is 11.8 Å².